The minimum absolute atomic E-state index is 0.586. The van der Waals surface area contributed by atoms with Crippen LogP contribution in [0.25, 0.3) is 5.69 Å². The number of hydrogen-bond acceptors (Lipinski definition) is 3. The van der Waals surface area contributed by atoms with Gasteiger partial charge in [-0.15, -0.1) is 0 Å². The average Bonchev–Trinajstić information content (AvgIpc) is 2.97. The third-order valence-electron chi connectivity index (χ3n) is 4.52. The van der Waals surface area contributed by atoms with Crippen LogP contribution in [0, 0.1) is 20.8 Å². The van der Waals surface area contributed by atoms with Gasteiger partial charge in [-0.3, -0.25) is 9.59 Å². The van der Waals surface area contributed by atoms with Gasteiger partial charge in [-0.25, -0.2) is 5.43 Å². The molecule has 2 aromatic carbocycles. The standard InChI is InChI=1S/C22H21ClN4O2/c1-14-6-4-5-7-20(14)25-21(28)22(29)26-24-13-17-12-15(2)27(16(17)3)19-10-8-18(23)9-11-19/h4-13H,1-3H3,(H,25,28)(H,26,29)/b24-13+. The first-order valence-corrected chi connectivity index (χ1v) is 9.39. The molecular formula is C22H21ClN4O2. The fourth-order valence-electron chi connectivity index (χ4n) is 3.01. The third-order valence-corrected chi connectivity index (χ3v) is 4.78. The number of carbonyl (C=O) groups excluding carboxylic acids is 2. The monoisotopic (exact) mass is 408 g/mol. The van der Waals surface area contributed by atoms with Gasteiger partial charge in [0.2, 0.25) is 0 Å². The quantitative estimate of drug-likeness (QED) is 0.386. The first-order valence-electron chi connectivity index (χ1n) is 9.01. The van der Waals surface area contributed by atoms with Crippen molar-refractivity contribution in [3.05, 3.63) is 82.1 Å². The summed E-state index contributed by atoms with van der Waals surface area (Å²) in [6, 6.07) is 16.7. The number of aryl methyl sites for hydroxylation is 2. The average molecular weight is 409 g/mol. The number of hydrazone groups is 1. The second kappa shape index (κ2) is 8.75. The van der Waals surface area contributed by atoms with Crippen molar-refractivity contribution in [2.24, 2.45) is 5.10 Å². The maximum atomic E-state index is 12.0. The number of amides is 2. The number of aromatic nitrogens is 1. The Bertz CT molecular complexity index is 1080. The predicted octanol–water partition coefficient (Wildman–Crippen LogP) is 4.14. The van der Waals surface area contributed by atoms with E-state index in [0.717, 1.165) is 28.2 Å². The zero-order valence-electron chi connectivity index (χ0n) is 16.4. The number of benzene rings is 2. The molecule has 3 rings (SSSR count). The van der Waals surface area contributed by atoms with Gasteiger partial charge in [0.1, 0.15) is 0 Å². The van der Waals surface area contributed by atoms with E-state index in [0.29, 0.717) is 10.7 Å². The van der Waals surface area contributed by atoms with Crippen LogP contribution in [0.3, 0.4) is 0 Å². The Morgan fingerprint density at radius 3 is 2.38 bits per heavy atom. The molecule has 0 radical (unpaired) electrons. The van der Waals surface area contributed by atoms with E-state index in [-0.39, 0.29) is 0 Å². The third kappa shape index (κ3) is 4.73. The molecule has 0 aliphatic rings. The number of hydrogen-bond donors (Lipinski definition) is 2. The summed E-state index contributed by atoms with van der Waals surface area (Å²) < 4.78 is 2.06. The minimum Gasteiger partial charge on any atom is -0.318 e. The van der Waals surface area contributed by atoms with Crippen LogP contribution in [0.4, 0.5) is 5.69 Å². The molecule has 0 aliphatic heterocycles. The Balaban J connectivity index is 1.68. The number of anilines is 1. The van der Waals surface area contributed by atoms with Crippen molar-refractivity contribution in [2.75, 3.05) is 5.32 Å². The van der Waals surface area contributed by atoms with Crippen LogP contribution in [0.1, 0.15) is 22.5 Å². The molecule has 6 nitrogen and oxygen atoms in total. The van der Waals surface area contributed by atoms with Crippen molar-refractivity contribution in [3.8, 4) is 5.69 Å². The van der Waals surface area contributed by atoms with Gasteiger partial charge in [-0.05, 0) is 62.7 Å². The van der Waals surface area contributed by atoms with Crippen LogP contribution in [-0.4, -0.2) is 22.6 Å². The molecular weight excluding hydrogens is 388 g/mol. The molecule has 0 aliphatic carbocycles. The van der Waals surface area contributed by atoms with Crippen molar-refractivity contribution in [3.63, 3.8) is 0 Å². The van der Waals surface area contributed by atoms with Crippen LogP contribution in [0.5, 0.6) is 0 Å². The summed E-state index contributed by atoms with van der Waals surface area (Å²) in [4.78, 5) is 24.0. The second-order valence-electron chi connectivity index (χ2n) is 6.61. The van der Waals surface area contributed by atoms with Crippen LogP contribution >= 0.6 is 11.6 Å². The van der Waals surface area contributed by atoms with Gasteiger partial charge in [0.05, 0.1) is 6.21 Å². The lowest BCUT2D eigenvalue weighted by molar-refractivity contribution is -0.136. The van der Waals surface area contributed by atoms with E-state index in [1.165, 1.54) is 6.21 Å². The molecule has 0 spiro atoms. The van der Waals surface area contributed by atoms with Crippen LogP contribution in [0.15, 0.2) is 59.7 Å². The number of carbonyl (C=O) groups is 2. The Kier molecular flexibility index (Phi) is 6.14. The summed E-state index contributed by atoms with van der Waals surface area (Å²) in [7, 11) is 0. The van der Waals surface area contributed by atoms with E-state index in [1.54, 1.807) is 12.1 Å². The summed E-state index contributed by atoms with van der Waals surface area (Å²) in [5, 5.41) is 7.17. The Morgan fingerprint density at radius 2 is 1.69 bits per heavy atom. The van der Waals surface area contributed by atoms with Crippen molar-refractivity contribution in [1.29, 1.82) is 0 Å². The highest BCUT2D eigenvalue weighted by atomic mass is 35.5. The molecule has 0 bridgehead atoms. The molecule has 2 N–H and O–H groups in total. The molecule has 1 heterocycles. The van der Waals surface area contributed by atoms with Crippen LogP contribution < -0.4 is 10.7 Å². The number of para-hydroxylation sites is 1. The molecule has 29 heavy (non-hydrogen) atoms. The topological polar surface area (TPSA) is 75.5 Å². The van der Waals surface area contributed by atoms with E-state index in [9.17, 15) is 9.59 Å². The molecule has 0 saturated carbocycles. The molecule has 7 heteroatoms. The minimum atomic E-state index is -0.837. The SMILES string of the molecule is Cc1ccccc1NC(=O)C(=O)N/N=C/c1cc(C)n(-c2ccc(Cl)cc2)c1C. The maximum Gasteiger partial charge on any atom is 0.329 e. The first-order chi connectivity index (χ1) is 13.9. The van der Waals surface area contributed by atoms with Gasteiger partial charge >= 0.3 is 11.8 Å². The van der Waals surface area contributed by atoms with E-state index in [1.807, 2.05) is 63.2 Å². The van der Waals surface area contributed by atoms with Crippen LogP contribution in [0.2, 0.25) is 5.02 Å². The van der Waals surface area contributed by atoms with E-state index in [2.05, 4.69) is 20.4 Å². The van der Waals surface area contributed by atoms with Gasteiger partial charge in [0.25, 0.3) is 0 Å². The highest BCUT2D eigenvalue weighted by Gasteiger charge is 2.14. The van der Waals surface area contributed by atoms with E-state index in [4.69, 9.17) is 11.6 Å². The largest absolute Gasteiger partial charge is 0.329 e. The van der Waals surface area contributed by atoms with Crippen molar-refractivity contribution < 1.29 is 9.59 Å². The summed E-state index contributed by atoms with van der Waals surface area (Å²) in [6.45, 7) is 5.78. The molecule has 148 valence electrons. The smallest absolute Gasteiger partial charge is 0.318 e. The molecule has 3 aromatic rings. The Morgan fingerprint density at radius 1 is 1.00 bits per heavy atom. The number of halogens is 1. The van der Waals surface area contributed by atoms with Crippen LogP contribution in [-0.2, 0) is 9.59 Å². The van der Waals surface area contributed by atoms with Gasteiger partial charge in [0.15, 0.2) is 0 Å². The fraction of sp³-hybridized carbons (Fsp3) is 0.136. The first kappa shape index (κ1) is 20.4. The number of nitrogens with one attached hydrogen (secondary N) is 2. The summed E-state index contributed by atoms with van der Waals surface area (Å²) in [6.07, 6.45) is 1.52. The van der Waals surface area contributed by atoms with Gasteiger partial charge in [-0.2, -0.15) is 5.10 Å². The molecule has 2 amide bonds. The zero-order valence-corrected chi connectivity index (χ0v) is 17.1. The van der Waals surface area contributed by atoms with E-state index >= 15 is 0 Å². The predicted molar refractivity (Wildman–Crippen MR) is 116 cm³/mol. The molecule has 0 fully saturated rings. The molecule has 0 saturated heterocycles. The Labute approximate surface area is 174 Å². The molecule has 0 unspecified atom stereocenters. The summed E-state index contributed by atoms with van der Waals surface area (Å²) >= 11 is 5.96. The van der Waals surface area contributed by atoms with E-state index < -0.39 is 11.8 Å². The summed E-state index contributed by atoms with van der Waals surface area (Å²) in [5.74, 6) is -1.61. The normalized spacial score (nSPS) is 10.9. The van der Waals surface area contributed by atoms with Crippen molar-refractivity contribution in [1.82, 2.24) is 9.99 Å². The van der Waals surface area contributed by atoms with Gasteiger partial charge in [0, 0.05) is 33.3 Å². The van der Waals surface area contributed by atoms with Crippen molar-refractivity contribution >= 4 is 35.3 Å². The lowest BCUT2D eigenvalue weighted by Gasteiger charge is -2.09. The lowest BCUT2D eigenvalue weighted by Crippen LogP contribution is -2.32. The molecule has 1 aromatic heterocycles. The lowest BCUT2D eigenvalue weighted by atomic mass is 10.2. The zero-order chi connectivity index (χ0) is 21.0. The highest BCUT2D eigenvalue weighted by Crippen LogP contribution is 2.21. The number of nitrogens with zero attached hydrogens (tertiary/aromatic N) is 2. The fourth-order valence-corrected chi connectivity index (χ4v) is 3.14. The summed E-state index contributed by atoms with van der Waals surface area (Å²) in [5.41, 5.74) is 7.49. The van der Waals surface area contributed by atoms with Gasteiger partial charge in [-0.1, -0.05) is 29.8 Å². The molecule has 0 atom stereocenters. The number of rotatable bonds is 4. The van der Waals surface area contributed by atoms with Crippen molar-refractivity contribution in [2.45, 2.75) is 20.8 Å². The maximum absolute atomic E-state index is 12.0. The van der Waals surface area contributed by atoms with Gasteiger partial charge < -0.3 is 9.88 Å². The Hall–Kier alpha value is -3.38. The highest BCUT2D eigenvalue weighted by molar-refractivity contribution is 6.39. The second-order valence-corrected chi connectivity index (χ2v) is 7.04.